The van der Waals surface area contributed by atoms with E-state index in [2.05, 4.69) is 38.6 Å². The van der Waals surface area contributed by atoms with E-state index in [0.29, 0.717) is 0 Å². The Morgan fingerprint density at radius 1 is 1.42 bits per heavy atom. The Morgan fingerprint density at radius 3 is 2.81 bits per heavy atom. The van der Waals surface area contributed by atoms with Crippen molar-refractivity contribution in [3.8, 4) is 0 Å². The van der Waals surface area contributed by atoms with Gasteiger partial charge in [0.2, 0.25) is 5.91 Å². The molecule has 1 amide bonds. The fourth-order valence-electron chi connectivity index (χ4n) is 3.42. The SMILES string of the molecule is CCC(NC(=O)C1CCN(c2cncnc2N(C)C)CC1)c1cccs1. The highest BCUT2D eigenvalue weighted by Crippen LogP contribution is 2.29. The Balaban J connectivity index is 1.59. The van der Waals surface area contributed by atoms with Gasteiger partial charge in [-0.05, 0) is 30.7 Å². The molecular formula is C19H27N5OS. The number of nitrogens with zero attached hydrogens (tertiary/aromatic N) is 4. The van der Waals surface area contributed by atoms with Gasteiger partial charge in [-0.3, -0.25) is 4.79 Å². The summed E-state index contributed by atoms with van der Waals surface area (Å²) in [6.07, 6.45) is 6.07. The normalized spacial score (nSPS) is 16.3. The van der Waals surface area contributed by atoms with Gasteiger partial charge in [-0.25, -0.2) is 9.97 Å². The topological polar surface area (TPSA) is 61.4 Å². The van der Waals surface area contributed by atoms with Gasteiger partial charge in [0.05, 0.1) is 17.9 Å². The maximum absolute atomic E-state index is 12.7. The van der Waals surface area contributed by atoms with Crippen molar-refractivity contribution < 1.29 is 4.79 Å². The molecule has 0 aliphatic carbocycles. The number of thiophene rings is 1. The predicted octanol–water partition coefficient (Wildman–Crippen LogP) is 3.09. The lowest BCUT2D eigenvalue weighted by Crippen LogP contribution is -2.42. The third kappa shape index (κ3) is 4.15. The monoisotopic (exact) mass is 373 g/mol. The molecule has 1 saturated heterocycles. The Kier molecular flexibility index (Phi) is 6.08. The zero-order valence-electron chi connectivity index (χ0n) is 15.7. The van der Waals surface area contributed by atoms with Crippen LogP contribution in [0.3, 0.4) is 0 Å². The number of hydrogen-bond acceptors (Lipinski definition) is 6. The van der Waals surface area contributed by atoms with Gasteiger partial charge in [0.25, 0.3) is 0 Å². The number of hydrogen-bond donors (Lipinski definition) is 1. The molecule has 0 aromatic carbocycles. The number of aromatic nitrogens is 2. The van der Waals surface area contributed by atoms with E-state index in [-0.39, 0.29) is 17.9 Å². The molecule has 0 bridgehead atoms. The van der Waals surface area contributed by atoms with Gasteiger partial charge in [0.1, 0.15) is 6.33 Å². The molecule has 6 nitrogen and oxygen atoms in total. The van der Waals surface area contributed by atoms with Crippen molar-refractivity contribution in [2.24, 2.45) is 5.92 Å². The first-order chi connectivity index (χ1) is 12.6. The molecule has 26 heavy (non-hydrogen) atoms. The van der Waals surface area contributed by atoms with Crippen molar-refractivity contribution >= 4 is 28.7 Å². The summed E-state index contributed by atoms with van der Waals surface area (Å²) in [5, 5.41) is 5.31. The van der Waals surface area contributed by atoms with Crippen LogP contribution in [-0.2, 0) is 4.79 Å². The van der Waals surface area contributed by atoms with Crippen molar-refractivity contribution in [2.75, 3.05) is 37.0 Å². The first-order valence-electron chi connectivity index (χ1n) is 9.16. The van der Waals surface area contributed by atoms with Crippen LogP contribution in [0.4, 0.5) is 11.5 Å². The lowest BCUT2D eigenvalue weighted by molar-refractivity contribution is -0.126. The van der Waals surface area contributed by atoms with E-state index >= 15 is 0 Å². The molecule has 1 N–H and O–H groups in total. The molecule has 1 aliphatic rings. The Labute approximate surface area is 159 Å². The number of anilines is 2. The van der Waals surface area contributed by atoms with E-state index < -0.39 is 0 Å². The van der Waals surface area contributed by atoms with Gasteiger partial charge in [-0.15, -0.1) is 11.3 Å². The highest BCUT2D eigenvalue weighted by Gasteiger charge is 2.28. The largest absolute Gasteiger partial charge is 0.367 e. The average molecular weight is 374 g/mol. The summed E-state index contributed by atoms with van der Waals surface area (Å²) in [6.45, 7) is 3.82. The molecule has 1 fully saturated rings. The number of rotatable bonds is 6. The van der Waals surface area contributed by atoms with Gasteiger partial charge in [0.15, 0.2) is 5.82 Å². The summed E-state index contributed by atoms with van der Waals surface area (Å²) in [7, 11) is 3.98. The average Bonchev–Trinajstić information content (AvgIpc) is 3.20. The standard InChI is InChI=1S/C19H27N5OS/c1-4-15(17-6-5-11-26-17)22-19(25)14-7-9-24(10-8-14)16-12-20-13-21-18(16)23(2)3/h5-6,11-15H,4,7-10H2,1-3H3,(H,22,25). The Bertz CT molecular complexity index is 710. The molecule has 2 aromatic rings. The van der Waals surface area contributed by atoms with Crippen LogP contribution in [0.1, 0.15) is 37.1 Å². The van der Waals surface area contributed by atoms with Crippen LogP contribution in [0.25, 0.3) is 0 Å². The van der Waals surface area contributed by atoms with Gasteiger partial charge in [-0.1, -0.05) is 13.0 Å². The van der Waals surface area contributed by atoms with Gasteiger partial charge >= 0.3 is 0 Å². The minimum atomic E-state index is 0.0766. The molecule has 1 atom stereocenters. The van der Waals surface area contributed by atoms with E-state index in [9.17, 15) is 4.79 Å². The summed E-state index contributed by atoms with van der Waals surface area (Å²) in [6, 6.07) is 4.26. The molecular weight excluding hydrogens is 346 g/mol. The number of carbonyl (C=O) groups is 1. The minimum absolute atomic E-state index is 0.0766. The molecule has 1 aliphatic heterocycles. The van der Waals surface area contributed by atoms with E-state index in [4.69, 9.17) is 0 Å². The molecule has 0 saturated carbocycles. The lowest BCUT2D eigenvalue weighted by Gasteiger charge is -2.34. The number of amides is 1. The van der Waals surface area contributed by atoms with Crippen molar-refractivity contribution in [1.82, 2.24) is 15.3 Å². The van der Waals surface area contributed by atoms with E-state index in [1.807, 2.05) is 31.3 Å². The van der Waals surface area contributed by atoms with E-state index in [1.54, 1.807) is 17.7 Å². The zero-order valence-corrected chi connectivity index (χ0v) is 16.5. The van der Waals surface area contributed by atoms with Crippen LogP contribution < -0.4 is 15.1 Å². The third-order valence-corrected chi connectivity index (χ3v) is 5.90. The quantitative estimate of drug-likeness (QED) is 0.843. The van der Waals surface area contributed by atoms with Crippen LogP contribution in [0.15, 0.2) is 30.0 Å². The first-order valence-corrected chi connectivity index (χ1v) is 10.0. The second-order valence-electron chi connectivity index (χ2n) is 6.87. The zero-order chi connectivity index (χ0) is 18.5. The lowest BCUT2D eigenvalue weighted by atomic mass is 9.95. The number of carbonyl (C=O) groups excluding carboxylic acids is 1. The van der Waals surface area contributed by atoms with Gasteiger partial charge in [-0.2, -0.15) is 0 Å². The molecule has 1 unspecified atom stereocenters. The maximum atomic E-state index is 12.7. The minimum Gasteiger partial charge on any atom is -0.367 e. The fourth-order valence-corrected chi connectivity index (χ4v) is 4.28. The number of nitrogens with one attached hydrogen (secondary N) is 1. The van der Waals surface area contributed by atoms with Gasteiger partial charge in [0, 0.05) is 38.0 Å². The summed E-state index contributed by atoms with van der Waals surface area (Å²) < 4.78 is 0. The van der Waals surface area contributed by atoms with Crippen LogP contribution in [0.2, 0.25) is 0 Å². The molecule has 140 valence electrons. The van der Waals surface area contributed by atoms with E-state index in [0.717, 1.165) is 43.9 Å². The highest BCUT2D eigenvalue weighted by molar-refractivity contribution is 7.10. The van der Waals surface area contributed by atoms with Gasteiger partial charge < -0.3 is 15.1 Å². The molecule has 3 heterocycles. The smallest absolute Gasteiger partial charge is 0.223 e. The fraction of sp³-hybridized carbons (Fsp3) is 0.526. The maximum Gasteiger partial charge on any atom is 0.223 e. The highest BCUT2D eigenvalue weighted by atomic mass is 32.1. The second kappa shape index (κ2) is 8.49. The summed E-state index contributed by atoms with van der Waals surface area (Å²) >= 11 is 1.70. The number of piperidine rings is 1. The molecule has 7 heteroatoms. The van der Waals surface area contributed by atoms with Crippen molar-refractivity contribution in [3.63, 3.8) is 0 Å². The van der Waals surface area contributed by atoms with Crippen LogP contribution in [0, 0.1) is 5.92 Å². The molecule has 0 radical (unpaired) electrons. The summed E-state index contributed by atoms with van der Waals surface area (Å²) in [4.78, 5) is 26.8. The van der Waals surface area contributed by atoms with Crippen molar-refractivity contribution in [1.29, 1.82) is 0 Å². The third-order valence-electron chi connectivity index (χ3n) is 4.91. The Hall–Kier alpha value is -2.15. The molecule has 3 rings (SSSR count). The summed E-state index contributed by atoms with van der Waals surface area (Å²) in [5.74, 6) is 1.18. The first kappa shape index (κ1) is 18.6. The Morgan fingerprint density at radius 2 is 2.19 bits per heavy atom. The van der Waals surface area contributed by atoms with E-state index in [1.165, 1.54) is 4.88 Å². The van der Waals surface area contributed by atoms with Crippen LogP contribution in [0.5, 0.6) is 0 Å². The van der Waals surface area contributed by atoms with Crippen molar-refractivity contribution in [3.05, 3.63) is 34.9 Å². The predicted molar refractivity (Wildman–Crippen MR) is 107 cm³/mol. The van der Waals surface area contributed by atoms with Crippen molar-refractivity contribution in [2.45, 2.75) is 32.2 Å². The van der Waals surface area contributed by atoms with Crippen LogP contribution in [-0.4, -0.2) is 43.1 Å². The second-order valence-corrected chi connectivity index (χ2v) is 7.85. The molecule has 2 aromatic heterocycles. The summed E-state index contributed by atoms with van der Waals surface area (Å²) in [5.41, 5.74) is 1.04. The van der Waals surface area contributed by atoms with Crippen LogP contribution >= 0.6 is 11.3 Å². The molecule has 0 spiro atoms.